The van der Waals surface area contributed by atoms with Gasteiger partial charge in [0.05, 0.1) is 26.8 Å². The van der Waals surface area contributed by atoms with E-state index in [4.69, 9.17) is 9.47 Å². The van der Waals surface area contributed by atoms with Crippen molar-refractivity contribution in [2.75, 3.05) is 24.9 Å². The average Bonchev–Trinajstić information content (AvgIpc) is 3.17. The van der Waals surface area contributed by atoms with Crippen LogP contribution in [-0.2, 0) is 9.59 Å². The highest BCUT2D eigenvalue weighted by Crippen LogP contribution is 2.35. The summed E-state index contributed by atoms with van der Waals surface area (Å²) in [4.78, 5) is 25.2. The Labute approximate surface area is 167 Å². The summed E-state index contributed by atoms with van der Waals surface area (Å²) < 4.78 is 11.9. The van der Waals surface area contributed by atoms with Crippen molar-refractivity contribution in [1.82, 2.24) is 9.78 Å². The lowest BCUT2D eigenvalue weighted by molar-refractivity contribution is -0.125. The molecule has 1 unspecified atom stereocenters. The van der Waals surface area contributed by atoms with Gasteiger partial charge in [-0.2, -0.15) is 5.10 Å². The Morgan fingerprint density at radius 1 is 1.14 bits per heavy atom. The number of nitrogens with one attached hydrogen (secondary N) is 2. The Hall–Kier alpha value is -3.81. The fraction of sp³-hybridized carbons (Fsp3) is 0.190. The third kappa shape index (κ3) is 3.64. The number of nitrogens with zero attached hydrogens (tertiary/aromatic N) is 2. The Balaban J connectivity index is 1.63. The molecule has 8 nitrogen and oxygen atoms in total. The quantitative estimate of drug-likeness (QED) is 0.696. The van der Waals surface area contributed by atoms with E-state index in [1.54, 1.807) is 49.4 Å². The van der Waals surface area contributed by atoms with Crippen LogP contribution >= 0.6 is 0 Å². The molecule has 1 aromatic heterocycles. The average molecular weight is 392 g/mol. The maximum atomic E-state index is 12.9. The van der Waals surface area contributed by atoms with Crippen LogP contribution in [0.1, 0.15) is 12.5 Å². The highest BCUT2D eigenvalue weighted by Gasteiger charge is 2.33. The van der Waals surface area contributed by atoms with Crippen molar-refractivity contribution in [1.29, 1.82) is 0 Å². The van der Waals surface area contributed by atoms with Crippen LogP contribution in [0.5, 0.6) is 11.5 Å². The van der Waals surface area contributed by atoms with Gasteiger partial charge in [-0.15, -0.1) is 0 Å². The fourth-order valence-electron chi connectivity index (χ4n) is 3.28. The monoisotopic (exact) mass is 392 g/mol. The van der Waals surface area contributed by atoms with E-state index < -0.39 is 6.04 Å². The van der Waals surface area contributed by atoms with E-state index in [1.165, 1.54) is 0 Å². The largest absolute Gasteiger partial charge is 0.497 e. The molecule has 2 N–H and O–H groups in total. The third-order valence-corrected chi connectivity index (χ3v) is 4.77. The summed E-state index contributed by atoms with van der Waals surface area (Å²) in [5.74, 6) is 1.30. The Bertz CT molecular complexity index is 1060. The summed E-state index contributed by atoms with van der Waals surface area (Å²) in [5.41, 5.74) is 2.19. The molecule has 1 aliphatic heterocycles. The van der Waals surface area contributed by atoms with Crippen LogP contribution in [0.15, 0.2) is 54.7 Å². The number of rotatable bonds is 5. The van der Waals surface area contributed by atoms with E-state index in [1.807, 2.05) is 24.3 Å². The number of benzene rings is 2. The minimum Gasteiger partial charge on any atom is -0.497 e. The lowest BCUT2D eigenvalue weighted by atomic mass is 10.1. The first kappa shape index (κ1) is 18.5. The molecule has 1 atom stereocenters. The first-order chi connectivity index (χ1) is 14.1. The number of hydrogen-bond acceptors (Lipinski definition) is 5. The highest BCUT2D eigenvalue weighted by atomic mass is 16.5. The molecule has 2 aromatic carbocycles. The molecule has 1 aliphatic rings. The lowest BCUT2D eigenvalue weighted by Gasteiger charge is -2.24. The second kappa shape index (κ2) is 7.67. The van der Waals surface area contributed by atoms with Crippen molar-refractivity contribution < 1.29 is 19.1 Å². The summed E-state index contributed by atoms with van der Waals surface area (Å²) in [6.45, 7) is 0. The van der Waals surface area contributed by atoms with Crippen molar-refractivity contribution in [3.8, 4) is 22.6 Å². The summed E-state index contributed by atoms with van der Waals surface area (Å²) in [6, 6.07) is 13.7. The van der Waals surface area contributed by atoms with Crippen molar-refractivity contribution in [3.05, 3.63) is 54.7 Å². The third-order valence-electron chi connectivity index (χ3n) is 4.77. The van der Waals surface area contributed by atoms with Crippen molar-refractivity contribution in [2.45, 2.75) is 12.5 Å². The van der Waals surface area contributed by atoms with Crippen LogP contribution < -0.4 is 20.1 Å². The zero-order chi connectivity index (χ0) is 20.4. The molecule has 0 fully saturated rings. The van der Waals surface area contributed by atoms with Gasteiger partial charge in [-0.3, -0.25) is 9.59 Å². The number of aromatic nitrogens is 2. The highest BCUT2D eigenvalue weighted by molar-refractivity contribution is 6.03. The molecule has 148 valence electrons. The fourth-order valence-corrected chi connectivity index (χ4v) is 3.28. The van der Waals surface area contributed by atoms with E-state index in [0.29, 0.717) is 17.3 Å². The molecular formula is C21H20N4O4. The zero-order valence-corrected chi connectivity index (χ0v) is 16.0. The Morgan fingerprint density at radius 3 is 2.62 bits per heavy atom. The molecule has 0 saturated heterocycles. The maximum absolute atomic E-state index is 12.9. The predicted molar refractivity (Wildman–Crippen MR) is 108 cm³/mol. The molecule has 4 rings (SSSR count). The van der Waals surface area contributed by atoms with E-state index in [-0.39, 0.29) is 18.2 Å². The number of fused-ring (bicyclic) bond motifs is 1. The summed E-state index contributed by atoms with van der Waals surface area (Å²) in [6.07, 6.45) is 1.65. The van der Waals surface area contributed by atoms with Gasteiger partial charge < -0.3 is 20.1 Å². The number of ether oxygens (including phenoxy) is 2. The first-order valence-electron chi connectivity index (χ1n) is 9.05. The van der Waals surface area contributed by atoms with E-state index in [9.17, 15) is 9.59 Å². The molecule has 8 heteroatoms. The zero-order valence-electron chi connectivity index (χ0n) is 16.0. The molecule has 2 heterocycles. The normalized spacial score (nSPS) is 15.2. The molecule has 0 radical (unpaired) electrons. The topological polar surface area (TPSA) is 94.5 Å². The van der Waals surface area contributed by atoms with Gasteiger partial charge in [0.15, 0.2) is 0 Å². The van der Waals surface area contributed by atoms with Crippen molar-refractivity contribution in [3.63, 3.8) is 0 Å². The molecule has 3 aromatic rings. The molecule has 2 amide bonds. The van der Waals surface area contributed by atoms with Crippen LogP contribution in [-0.4, -0.2) is 35.8 Å². The van der Waals surface area contributed by atoms with Gasteiger partial charge >= 0.3 is 0 Å². The first-order valence-corrected chi connectivity index (χ1v) is 9.05. The summed E-state index contributed by atoms with van der Waals surface area (Å²) in [5, 5.41) is 10.0. The number of methoxy groups -OCH3 is 2. The molecule has 0 spiro atoms. The molecule has 0 aliphatic carbocycles. The van der Waals surface area contributed by atoms with Crippen molar-refractivity contribution >= 4 is 23.3 Å². The molecule has 0 saturated carbocycles. The molecular weight excluding hydrogens is 372 g/mol. The second-order valence-corrected chi connectivity index (χ2v) is 6.57. The van der Waals surface area contributed by atoms with Crippen molar-refractivity contribution in [2.24, 2.45) is 0 Å². The minimum atomic E-state index is -0.753. The Kier molecular flexibility index (Phi) is 4.90. The summed E-state index contributed by atoms with van der Waals surface area (Å²) >= 11 is 0. The van der Waals surface area contributed by atoms with Crippen LogP contribution in [0.2, 0.25) is 0 Å². The van der Waals surface area contributed by atoms with Crippen LogP contribution in [0.4, 0.5) is 11.5 Å². The van der Waals surface area contributed by atoms with E-state index in [0.717, 1.165) is 16.9 Å². The van der Waals surface area contributed by atoms with Crippen LogP contribution in [0.3, 0.4) is 0 Å². The predicted octanol–water partition coefficient (Wildman–Crippen LogP) is 3.09. The molecule has 29 heavy (non-hydrogen) atoms. The second-order valence-electron chi connectivity index (χ2n) is 6.57. The van der Waals surface area contributed by atoms with Gasteiger partial charge in [-0.05, 0) is 29.8 Å². The summed E-state index contributed by atoms with van der Waals surface area (Å²) in [7, 11) is 3.16. The number of anilines is 2. The van der Waals surface area contributed by atoms with Gasteiger partial charge in [0, 0.05) is 17.3 Å². The van der Waals surface area contributed by atoms with Gasteiger partial charge in [0.1, 0.15) is 23.4 Å². The van der Waals surface area contributed by atoms with Gasteiger partial charge in [-0.25, -0.2) is 4.68 Å². The van der Waals surface area contributed by atoms with Crippen LogP contribution in [0, 0.1) is 0 Å². The minimum absolute atomic E-state index is 0.00648. The standard InChI is InChI=1S/C21H20N4O4/c1-28-15-8-6-13(7-9-15)17-12-22-25-18(11-19(26)24-20(17)25)21(27)23-14-4-3-5-16(10-14)29-2/h3-10,12,18H,11H2,1-2H3,(H,23,27)(H,24,26). The molecule has 0 bridgehead atoms. The van der Waals surface area contributed by atoms with Gasteiger partial charge in [0.2, 0.25) is 11.8 Å². The van der Waals surface area contributed by atoms with E-state index >= 15 is 0 Å². The van der Waals surface area contributed by atoms with E-state index in [2.05, 4.69) is 15.7 Å². The number of carbonyl (C=O) groups is 2. The Morgan fingerprint density at radius 2 is 1.90 bits per heavy atom. The number of carbonyl (C=O) groups excluding carboxylic acids is 2. The van der Waals surface area contributed by atoms with Crippen LogP contribution in [0.25, 0.3) is 11.1 Å². The van der Waals surface area contributed by atoms with Gasteiger partial charge in [-0.1, -0.05) is 18.2 Å². The lowest BCUT2D eigenvalue weighted by Crippen LogP contribution is -2.35. The smallest absolute Gasteiger partial charge is 0.249 e. The number of amides is 2. The SMILES string of the molecule is COc1ccc(-c2cnn3c2NC(=O)CC3C(=O)Nc2cccc(OC)c2)cc1. The van der Waals surface area contributed by atoms with Gasteiger partial charge in [0.25, 0.3) is 0 Å². The number of hydrogen-bond donors (Lipinski definition) is 2. The maximum Gasteiger partial charge on any atom is 0.249 e.